The summed E-state index contributed by atoms with van der Waals surface area (Å²) in [6.45, 7) is 8.53. The molecule has 0 bridgehead atoms. The molecule has 0 aliphatic heterocycles. The van der Waals surface area contributed by atoms with Crippen LogP contribution in [0.1, 0.15) is 58.9 Å². The van der Waals surface area contributed by atoms with Crippen LogP contribution < -0.4 is 14.8 Å². The number of esters is 2. The molecule has 8 nitrogen and oxygen atoms in total. The molecule has 0 aliphatic rings. The summed E-state index contributed by atoms with van der Waals surface area (Å²) in [4.78, 5) is 36.9. The van der Waals surface area contributed by atoms with Crippen LogP contribution in [0.3, 0.4) is 0 Å². The van der Waals surface area contributed by atoms with Gasteiger partial charge in [0.15, 0.2) is 0 Å². The Morgan fingerprint density at radius 1 is 0.871 bits per heavy atom. The quantitative estimate of drug-likeness (QED) is 0.183. The third-order valence-corrected chi connectivity index (χ3v) is 4.50. The minimum Gasteiger partial charge on any atom is -0.493 e. The van der Waals surface area contributed by atoms with E-state index in [1.54, 1.807) is 32.0 Å². The molecule has 31 heavy (non-hydrogen) atoms. The Bertz CT molecular complexity index is 659. The van der Waals surface area contributed by atoms with E-state index in [4.69, 9.17) is 18.9 Å². The van der Waals surface area contributed by atoms with Crippen LogP contribution in [0.4, 0.5) is 0 Å². The van der Waals surface area contributed by atoms with Gasteiger partial charge in [0.2, 0.25) is 11.9 Å². The van der Waals surface area contributed by atoms with Crippen molar-refractivity contribution in [3.05, 3.63) is 23.8 Å². The van der Waals surface area contributed by atoms with Crippen molar-refractivity contribution in [2.75, 3.05) is 26.4 Å². The van der Waals surface area contributed by atoms with Gasteiger partial charge in [-0.05, 0) is 44.4 Å². The first kappa shape index (κ1) is 26.3. The van der Waals surface area contributed by atoms with Gasteiger partial charge in [-0.1, -0.05) is 26.7 Å². The van der Waals surface area contributed by atoms with E-state index in [0.29, 0.717) is 36.7 Å². The van der Waals surface area contributed by atoms with E-state index in [1.807, 2.05) is 0 Å². The van der Waals surface area contributed by atoms with Crippen LogP contribution in [0.25, 0.3) is 0 Å². The molecule has 0 aliphatic carbocycles. The zero-order valence-electron chi connectivity index (χ0n) is 19.0. The van der Waals surface area contributed by atoms with Crippen LogP contribution in [0.5, 0.6) is 11.5 Å². The van der Waals surface area contributed by atoms with Gasteiger partial charge in [-0.15, -0.1) is 0 Å². The van der Waals surface area contributed by atoms with Gasteiger partial charge in [0.25, 0.3) is 0 Å². The van der Waals surface area contributed by atoms with Gasteiger partial charge >= 0.3 is 11.9 Å². The van der Waals surface area contributed by atoms with Crippen LogP contribution in [0, 0.1) is 0 Å². The fourth-order valence-corrected chi connectivity index (χ4v) is 2.88. The summed E-state index contributed by atoms with van der Waals surface area (Å²) in [5.41, 5.74) is -1.44. The topological polar surface area (TPSA) is 100 Å². The largest absolute Gasteiger partial charge is 0.493 e. The molecule has 0 unspecified atom stereocenters. The third-order valence-electron chi connectivity index (χ3n) is 4.50. The summed E-state index contributed by atoms with van der Waals surface area (Å²) in [6.07, 6.45) is 3.87. The van der Waals surface area contributed by atoms with E-state index in [-0.39, 0.29) is 19.6 Å². The number of benzene rings is 1. The Kier molecular flexibility index (Phi) is 12.1. The zero-order valence-corrected chi connectivity index (χ0v) is 19.0. The van der Waals surface area contributed by atoms with Gasteiger partial charge < -0.3 is 24.3 Å². The molecule has 0 atom stereocenters. The highest BCUT2D eigenvalue weighted by Gasteiger charge is 2.49. The van der Waals surface area contributed by atoms with Crippen molar-refractivity contribution >= 4 is 18.3 Å². The molecule has 1 aromatic carbocycles. The molecule has 0 spiro atoms. The van der Waals surface area contributed by atoms with Crippen LogP contribution in [-0.4, -0.2) is 50.3 Å². The summed E-state index contributed by atoms with van der Waals surface area (Å²) >= 11 is 0. The van der Waals surface area contributed by atoms with Crippen LogP contribution in [-0.2, 0) is 30.3 Å². The number of hydrogen-bond donors (Lipinski definition) is 1. The van der Waals surface area contributed by atoms with Crippen molar-refractivity contribution in [1.29, 1.82) is 0 Å². The molecule has 0 radical (unpaired) electrons. The maximum atomic E-state index is 12.8. The third kappa shape index (κ3) is 8.11. The predicted octanol–water partition coefficient (Wildman–Crippen LogP) is 3.20. The molecule has 1 rings (SSSR count). The normalized spacial score (nSPS) is 10.8. The highest BCUT2D eigenvalue weighted by atomic mass is 16.6. The Morgan fingerprint density at radius 3 is 1.74 bits per heavy atom. The average molecular weight is 438 g/mol. The van der Waals surface area contributed by atoms with E-state index < -0.39 is 17.5 Å². The first-order chi connectivity index (χ1) is 15.0. The molecule has 8 heteroatoms. The molecule has 1 amide bonds. The first-order valence-corrected chi connectivity index (χ1v) is 10.9. The summed E-state index contributed by atoms with van der Waals surface area (Å²) in [5, 5.41) is 2.35. The summed E-state index contributed by atoms with van der Waals surface area (Å²) in [6, 6.07) is 5.22. The summed E-state index contributed by atoms with van der Waals surface area (Å²) in [5.74, 6) is -0.645. The monoisotopic (exact) mass is 437 g/mol. The van der Waals surface area contributed by atoms with E-state index in [2.05, 4.69) is 19.2 Å². The molecule has 0 fully saturated rings. The van der Waals surface area contributed by atoms with Gasteiger partial charge in [-0.25, -0.2) is 9.59 Å². The first-order valence-electron chi connectivity index (χ1n) is 10.9. The Balaban J connectivity index is 3.33. The van der Waals surface area contributed by atoms with Gasteiger partial charge in [0.05, 0.1) is 26.4 Å². The Morgan fingerprint density at radius 2 is 1.35 bits per heavy atom. The fraction of sp³-hybridized carbons (Fsp3) is 0.609. The van der Waals surface area contributed by atoms with Crippen molar-refractivity contribution in [3.8, 4) is 11.5 Å². The molecular formula is C23H35NO7. The number of hydrogen-bond acceptors (Lipinski definition) is 7. The molecule has 0 saturated heterocycles. The molecule has 1 N–H and O–H groups in total. The molecular weight excluding hydrogens is 402 g/mol. The highest BCUT2D eigenvalue weighted by molar-refractivity contribution is 6.06. The lowest BCUT2D eigenvalue weighted by Gasteiger charge is -2.28. The van der Waals surface area contributed by atoms with Gasteiger partial charge in [0.1, 0.15) is 11.5 Å². The van der Waals surface area contributed by atoms with Crippen molar-refractivity contribution < 1.29 is 33.3 Å². The number of amides is 1. The van der Waals surface area contributed by atoms with Gasteiger partial charge in [-0.3, -0.25) is 4.79 Å². The predicted molar refractivity (Wildman–Crippen MR) is 116 cm³/mol. The number of ether oxygens (including phenoxy) is 4. The number of rotatable bonds is 16. The smallest absolute Gasteiger partial charge is 0.344 e. The lowest BCUT2D eigenvalue weighted by molar-refractivity contribution is -0.167. The lowest BCUT2D eigenvalue weighted by atomic mass is 9.90. The van der Waals surface area contributed by atoms with Crippen molar-refractivity contribution in [3.63, 3.8) is 0 Å². The van der Waals surface area contributed by atoms with Crippen molar-refractivity contribution in [2.24, 2.45) is 0 Å². The standard InChI is InChI=1S/C23H35NO7/c1-5-9-11-30-19-13-18(14-20(15-19)31-12-10-6-2)16-23(24-17-25,21(26)28-7-3)22(27)29-8-4/h13-15,17H,5-12,16H2,1-4H3,(H,24,25). The van der Waals surface area contributed by atoms with Crippen molar-refractivity contribution in [2.45, 2.75) is 65.3 Å². The second-order valence-corrected chi connectivity index (χ2v) is 7.00. The number of nitrogens with one attached hydrogen (secondary N) is 1. The minimum absolute atomic E-state index is 0.0477. The summed E-state index contributed by atoms with van der Waals surface area (Å²) < 4.78 is 21.8. The maximum Gasteiger partial charge on any atom is 0.344 e. The maximum absolute atomic E-state index is 12.8. The minimum atomic E-state index is -2.00. The van der Waals surface area contributed by atoms with E-state index >= 15 is 0 Å². The second kappa shape index (κ2) is 14.3. The van der Waals surface area contributed by atoms with E-state index in [9.17, 15) is 14.4 Å². The summed E-state index contributed by atoms with van der Waals surface area (Å²) in [7, 11) is 0. The Labute approximate surface area is 184 Å². The highest BCUT2D eigenvalue weighted by Crippen LogP contribution is 2.27. The fourth-order valence-electron chi connectivity index (χ4n) is 2.88. The molecule has 1 aromatic rings. The van der Waals surface area contributed by atoms with Crippen LogP contribution >= 0.6 is 0 Å². The lowest BCUT2D eigenvalue weighted by Crippen LogP contribution is -2.60. The van der Waals surface area contributed by atoms with Crippen LogP contribution in [0.15, 0.2) is 18.2 Å². The SMILES string of the molecule is CCCCOc1cc(CC(NC=O)(C(=O)OCC)C(=O)OCC)cc(OCCCC)c1. The molecule has 0 heterocycles. The second-order valence-electron chi connectivity index (χ2n) is 7.00. The van der Waals surface area contributed by atoms with Gasteiger partial charge in [-0.2, -0.15) is 0 Å². The zero-order chi connectivity index (χ0) is 23.1. The average Bonchev–Trinajstić information content (AvgIpc) is 2.74. The van der Waals surface area contributed by atoms with E-state index in [0.717, 1.165) is 25.7 Å². The molecule has 0 saturated carbocycles. The number of unbranched alkanes of at least 4 members (excludes halogenated alkanes) is 2. The van der Waals surface area contributed by atoms with Crippen molar-refractivity contribution in [1.82, 2.24) is 5.32 Å². The number of carbonyl (C=O) groups excluding carboxylic acids is 3. The van der Waals surface area contributed by atoms with Gasteiger partial charge in [0, 0.05) is 12.5 Å². The number of carbonyl (C=O) groups is 3. The van der Waals surface area contributed by atoms with E-state index in [1.165, 1.54) is 0 Å². The molecule has 174 valence electrons. The Hall–Kier alpha value is -2.77. The molecule has 0 aromatic heterocycles. The van der Waals surface area contributed by atoms with Crippen LogP contribution in [0.2, 0.25) is 0 Å².